The molecule has 1 aromatic heterocycles. The van der Waals surface area contributed by atoms with Crippen LogP contribution in [0.2, 0.25) is 0 Å². The molecule has 2 heterocycles. The first-order valence-electron chi connectivity index (χ1n) is 4.93. The molecular formula is C10H11F3N2O. The third-order valence-corrected chi connectivity index (χ3v) is 2.56. The molecule has 0 radical (unpaired) electrons. The first-order chi connectivity index (χ1) is 7.47. The molecule has 1 saturated heterocycles. The van der Waals surface area contributed by atoms with Crippen LogP contribution >= 0.6 is 0 Å². The van der Waals surface area contributed by atoms with Crippen LogP contribution in [-0.4, -0.2) is 29.3 Å². The number of pyridine rings is 1. The maximum absolute atomic E-state index is 12.4. The monoisotopic (exact) mass is 232 g/mol. The summed E-state index contributed by atoms with van der Waals surface area (Å²) in [5, 5.41) is 9.30. The van der Waals surface area contributed by atoms with Crippen molar-refractivity contribution in [3.63, 3.8) is 0 Å². The lowest BCUT2D eigenvalue weighted by Gasteiger charge is -2.17. The van der Waals surface area contributed by atoms with E-state index in [1.54, 1.807) is 4.90 Å². The molecular weight excluding hydrogens is 221 g/mol. The Bertz CT molecular complexity index is 381. The number of rotatable bonds is 1. The first kappa shape index (κ1) is 11.2. The highest BCUT2D eigenvalue weighted by Crippen LogP contribution is 2.31. The molecule has 1 aliphatic heterocycles. The maximum atomic E-state index is 12.4. The van der Waals surface area contributed by atoms with Crippen LogP contribution in [0.25, 0.3) is 0 Å². The number of anilines is 1. The Morgan fingerprint density at radius 1 is 1.44 bits per heavy atom. The quantitative estimate of drug-likeness (QED) is 0.800. The molecule has 1 N–H and O–H groups in total. The van der Waals surface area contributed by atoms with Gasteiger partial charge in [-0.2, -0.15) is 13.2 Å². The van der Waals surface area contributed by atoms with Crippen molar-refractivity contribution < 1.29 is 18.3 Å². The molecule has 6 heteroatoms. The smallest absolute Gasteiger partial charge is 0.391 e. The molecule has 88 valence electrons. The van der Waals surface area contributed by atoms with Gasteiger partial charge < -0.3 is 10.0 Å². The lowest BCUT2D eigenvalue weighted by Crippen LogP contribution is -2.22. The van der Waals surface area contributed by atoms with Crippen LogP contribution in [0.15, 0.2) is 18.3 Å². The van der Waals surface area contributed by atoms with Crippen molar-refractivity contribution in [2.45, 2.75) is 18.7 Å². The zero-order chi connectivity index (χ0) is 11.8. The fourth-order valence-electron chi connectivity index (χ4n) is 1.72. The van der Waals surface area contributed by atoms with Crippen molar-refractivity contribution in [2.75, 3.05) is 18.0 Å². The van der Waals surface area contributed by atoms with Gasteiger partial charge in [0.15, 0.2) is 0 Å². The highest BCUT2D eigenvalue weighted by Gasteiger charge is 2.31. The molecule has 1 aromatic rings. The minimum absolute atomic E-state index is 0.270. The number of aromatic nitrogens is 1. The van der Waals surface area contributed by atoms with E-state index in [1.165, 1.54) is 0 Å². The average Bonchev–Trinajstić information content (AvgIpc) is 2.64. The van der Waals surface area contributed by atoms with Gasteiger partial charge in [-0.3, -0.25) is 0 Å². The van der Waals surface area contributed by atoms with Crippen LogP contribution in [0.5, 0.6) is 0 Å². The molecule has 0 aromatic carbocycles. The van der Waals surface area contributed by atoms with E-state index in [-0.39, 0.29) is 5.82 Å². The second kappa shape index (κ2) is 3.93. The van der Waals surface area contributed by atoms with Gasteiger partial charge in [0.05, 0.1) is 11.7 Å². The summed E-state index contributed by atoms with van der Waals surface area (Å²) >= 11 is 0. The lowest BCUT2D eigenvalue weighted by atomic mass is 10.2. The number of aliphatic hydroxyl groups is 1. The lowest BCUT2D eigenvalue weighted by molar-refractivity contribution is -0.137. The van der Waals surface area contributed by atoms with E-state index in [1.807, 2.05) is 0 Å². The Kier molecular flexibility index (Phi) is 2.75. The molecule has 1 atom stereocenters. The highest BCUT2D eigenvalue weighted by atomic mass is 19.4. The summed E-state index contributed by atoms with van der Waals surface area (Å²) in [5.41, 5.74) is -0.709. The van der Waals surface area contributed by atoms with Crippen LogP contribution in [0, 0.1) is 0 Å². The molecule has 16 heavy (non-hydrogen) atoms. The summed E-state index contributed by atoms with van der Waals surface area (Å²) in [6.45, 7) is 0.879. The van der Waals surface area contributed by atoms with Gasteiger partial charge in [-0.1, -0.05) is 0 Å². The number of alkyl halides is 3. The molecule has 1 fully saturated rings. The fraction of sp³-hybridized carbons (Fsp3) is 0.500. The topological polar surface area (TPSA) is 36.4 Å². The van der Waals surface area contributed by atoms with Crippen molar-refractivity contribution in [2.24, 2.45) is 0 Å². The van der Waals surface area contributed by atoms with Gasteiger partial charge in [0.2, 0.25) is 0 Å². The molecule has 0 amide bonds. The van der Waals surface area contributed by atoms with Crippen LogP contribution in [-0.2, 0) is 6.18 Å². The van der Waals surface area contributed by atoms with Gasteiger partial charge in [-0.25, -0.2) is 4.98 Å². The van der Waals surface area contributed by atoms with Crippen molar-refractivity contribution >= 4 is 5.82 Å². The molecule has 0 saturated carbocycles. The normalized spacial score (nSPS) is 21.5. The molecule has 3 nitrogen and oxygen atoms in total. The number of nitrogens with zero attached hydrogens (tertiary/aromatic N) is 2. The van der Waals surface area contributed by atoms with Crippen molar-refractivity contribution in [3.8, 4) is 0 Å². The fourth-order valence-corrected chi connectivity index (χ4v) is 1.72. The molecule has 1 aliphatic rings. The van der Waals surface area contributed by atoms with Crippen LogP contribution in [0.1, 0.15) is 12.0 Å². The standard InChI is InChI=1S/C10H11F3N2O/c11-10(12,13)7-1-3-14-9(5-7)15-4-2-8(16)6-15/h1,3,5,8,16H,2,4,6H2/t8-/m0/s1. The van der Waals surface area contributed by atoms with E-state index in [4.69, 9.17) is 0 Å². The van der Waals surface area contributed by atoms with Crippen molar-refractivity contribution in [3.05, 3.63) is 23.9 Å². The molecule has 0 spiro atoms. The zero-order valence-electron chi connectivity index (χ0n) is 8.41. The third-order valence-electron chi connectivity index (χ3n) is 2.56. The van der Waals surface area contributed by atoms with E-state index in [0.29, 0.717) is 19.5 Å². The van der Waals surface area contributed by atoms with Crippen LogP contribution in [0.3, 0.4) is 0 Å². The second-order valence-corrected chi connectivity index (χ2v) is 3.79. The summed E-state index contributed by atoms with van der Waals surface area (Å²) in [6, 6.07) is 1.95. The van der Waals surface area contributed by atoms with Gasteiger partial charge in [0.25, 0.3) is 0 Å². The average molecular weight is 232 g/mol. The molecule has 0 bridgehead atoms. The molecule has 0 unspecified atom stereocenters. The van der Waals surface area contributed by atoms with E-state index in [0.717, 1.165) is 18.3 Å². The maximum Gasteiger partial charge on any atom is 0.416 e. The SMILES string of the molecule is O[C@H]1CCN(c2cc(C(F)(F)F)ccn2)C1. The summed E-state index contributed by atoms with van der Waals surface area (Å²) in [4.78, 5) is 5.54. The summed E-state index contributed by atoms with van der Waals surface area (Å²) < 4.78 is 37.3. The van der Waals surface area contributed by atoms with E-state index in [9.17, 15) is 18.3 Å². The predicted molar refractivity (Wildman–Crippen MR) is 52.1 cm³/mol. The first-order valence-corrected chi connectivity index (χ1v) is 4.93. The number of β-amino-alcohol motifs (C(OH)–C–C–N with tert-alkyl or cyclic N) is 1. The molecule has 2 rings (SSSR count). The second-order valence-electron chi connectivity index (χ2n) is 3.79. The Morgan fingerprint density at radius 3 is 2.75 bits per heavy atom. The minimum Gasteiger partial charge on any atom is -0.391 e. The predicted octanol–water partition coefficient (Wildman–Crippen LogP) is 1.67. The third kappa shape index (κ3) is 2.27. The van der Waals surface area contributed by atoms with Gasteiger partial charge in [0.1, 0.15) is 5.82 Å². The minimum atomic E-state index is -4.35. The number of halogens is 3. The van der Waals surface area contributed by atoms with E-state index < -0.39 is 17.8 Å². The van der Waals surface area contributed by atoms with Crippen LogP contribution in [0.4, 0.5) is 19.0 Å². The van der Waals surface area contributed by atoms with Gasteiger partial charge in [0, 0.05) is 19.3 Å². The molecule has 0 aliphatic carbocycles. The number of aliphatic hydroxyl groups excluding tert-OH is 1. The van der Waals surface area contributed by atoms with Gasteiger partial charge in [-0.05, 0) is 18.6 Å². The van der Waals surface area contributed by atoms with Crippen LogP contribution < -0.4 is 4.90 Å². The largest absolute Gasteiger partial charge is 0.416 e. The van der Waals surface area contributed by atoms with Crippen molar-refractivity contribution in [1.29, 1.82) is 0 Å². The van der Waals surface area contributed by atoms with Gasteiger partial charge in [-0.15, -0.1) is 0 Å². The highest BCUT2D eigenvalue weighted by molar-refractivity contribution is 5.43. The Morgan fingerprint density at radius 2 is 2.19 bits per heavy atom. The Balaban J connectivity index is 2.23. The summed E-state index contributed by atoms with van der Waals surface area (Å²) in [7, 11) is 0. The summed E-state index contributed by atoms with van der Waals surface area (Å²) in [6.07, 6.45) is -3.12. The Hall–Kier alpha value is -1.30. The number of hydrogen-bond donors (Lipinski definition) is 1. The van der Waals surface area contributed by atoms with E-state index in [2.05, 4.69) is 4.98 Å². The number of hydrogen-bond acceptors (Lipinski definition) is 3. The van der Waals surface area contributed by atoms with E-state index >= 15 is 0 Å². The summed E-state index contributed by atoms with van der Waals surface area (Å²) in [5.74, 6) is 0.270. The Labute approximate surface area is 90.5 Å². The van der Waals surface area contributed by atoms with Gasteiger partial charge >= 0.3 is 6.18 Å². The zero-order valence-corrected chi connectivity index (χ0v) is 8.41. The van der Waals surface area contributed by atoms with Crippen molar-refractivity contribution in [1.82, 2.24) is 4.98 Å².